The highest BCUT2D eigenvalue weighted by Crippen LogP contribution is 2.34. The Morgan fingerprint density at radius 1 is 1.37 bits per heavy atom. The van der Waals surface area contributed by atoms with Crippen LogP contribution >= 0.6 is 11.3 Å². The minimum absolute atomic E-state index is 0.132. The molecule has 0 aliphatic rings. The zero-order valence-electron chi connectivity index (χ0n) is 12.6. The maximum absolute atomic E-state index is 11.7. The van der Waals surface area contributed by atoms with Gasteiger partial charge in [0.2, 0.25) is 0 Å². The van der Waals surface area contributed by atoms with E-state index in [0.29, 0.717) is 11.8 Å². The van der Waals surface area contributed by atoms with Crippen molar-refractivity contribution in [2.45, 2.75) is 59.8 Å². The van der Waals surface area contributed by atoms with Crippen molar-refractivity contribution in [1.29, 1.82) is 0 Å². The molecule has 4 heteroatoms. The molecule has 19 heavy (non-hydrogen) atoms. The third-order valence-electron chi connectivity index (χ3n) is 3.71. The van der Waals surface area contributed by atoms with Crippen LogP contribution in [0.4, 0.5) is 0 Å². The SMILES string of the molecule is CCC(C)c1nc2sc(C(C)=O)c(C)n2c1C(C)C. The molecule has 104 valence electrons. The summed E-state index contributed by atoms with van der Waals surface area (Å²) in [6, 6.07) is 0. The van der Waals surface area contributed by atoms with E-state index in [2.05, 4.69) is 32.1 Å². The Labute approximate surface area is 118 Å². The van der Waals surface area contributed by atoms with E-state index < -0.39 is 0 Å². The van der Waals surface area contributed by atoms with Crippen molar-refractivity contribution in [2.24, 2.45) is 0 Å². The molecule has 3 nitrogen and oxygen atoms in total. The molecule has 0 aromatic carbocycles. The molecule has 0 N–H and O–H groups in total. The summed E-state index contributed by atoms with van der Waals surface area (Å²) in [5.74, 6) is 1.00. The van der Waals surface area contributed by atoms with E-state index in [1.807, 2.05) is 6.92 Å². The number of Topliss-reactive ketones (excluding diaryl/α,β-unsaturated/α-hetero) is 1. The third kappa shape index (κ3) is 2.22. The van der Waals surface area contributed by atoms with Crippen molar-refractivity contribution in [3.05, 3.63) is 22.0 Å². The number of aromatic nitrogens is 2. The molecule has 0 spiro atoms. The number of imidazole rings is 1. The fourth-order valence-corrected chi connectivity index (χ4v) is 3.56. The lowest BCUT2D eigenvalue weighted by atomic mass is 9.98. The van der Waals surface area contributed by atoms with Gasteiger partial charge in [-0.2, -0.15) is 0 Å². The predicted octanol–water partition coefficient (Wildman–Crippen LogP) is 4.54. The zero-order chi connectivity index (χ0) is 14.3. The minimum Gasteiger partial charge on any atom is -0.294 e. The second-order valence-corrected chi connectivity index (χ2v) is 6.51. The summed E-state index contributed by atoms with van der Waals surface area (Å²) >= 11 is 1.51. The average molecular weight is 278 g/mol. The lowest BCUT2D eigenvalue weighted by Gasteiger charge is -2.13. The molecule has 0 aliphatic carbocycles. The lowest BCUT2D eigenvalue weighted by molar-refractivity contribution is 0.102. The Kier molecular flexibility index (Phi) is 3.81. The molecule has 0 radical (unpaired) electrons. The van der Waals surface area contributed by atoms with E-state index in [1.165, 1.54) is 22.7 Å². The van der Waals surface area contributed by atoms with Crippen LogP contribution in [0, 0.1) is 6.92 Å². The second-order valence-electron chi connectivity index (χ2n) is 5.54. The van der Waals surface area contributed by atoms with Gasteiger partial charge in [0.05, 0.1) is 10.6 Å². The van der Waals surface area contributed by atoms with E-state index in [1.54, 1.807) is 6.92 Å². The Morgan fingerprint density at radius 2 is 2.00 bits per heavy atom. The van der Waals surface area contributed by atoms with E-state index in [9.17, 15) is 4.79 Å². The normalized spacial score (nSPS) is 13.4. The van der Waals surface area contributed by atoms with Gasteiger partial charge in [0, 0.05) is 24.2 Å². The van der Waals surface area contributed by atoms with Crippen LogP contribution in [0.2, 0.25) is 0 Å². The summed E-state index contributed by atoms with van der Waals surface area (Å²) in [4.78, 5) is 18.3. The Morgan fingerprint density at radius 3 is 2.47 bits per heavy atom. The predicted molar refractivity (Wildman–Crippen MR) is 80.6 cm³/mol. The van der Waals surface area contributed by atoms with Crippen LogP contribution in [0.5, 0.6) is 0 Å². The quantitative estimate of drug-likeness (QED) is 0.769. The highest BCUT2D eigenvalue weighted by molar-refractivity contribution is 7.19. The Bertz CT molecular complexity index is 622. The summed E-state index contributed by atoms with van der Waals surface area (Å²) in [7, 11) is 0. The van der Waals surface area contributed by atoms with E-state index >= 15 is 0 Å². The van der Waals surface area contributed by atoms with E-state index in [-0.39, 0.29) is 5.78 Å². The first-order valence-corrected chi connectivity index (χ1v) is 7.72. The van der Waals surface area contributed by atoms with Crippen molar-refractivity contribution >= 4 is 22.1 Å². The first-order valence-electron chi connectivity index (χ1n) is 6.91. The van der Waals surface area contributed by atoms with Crippen LogP contribution in [0.3, 0.4) is 0 Å². The second kappa shape index (κ2) is 5.08. The van der Waals surface area contributed by atoms with Crippen molar-refractivity contribution < 1.29 is 4.79 Å². The molecule has 2 rings (SSSR count). The minimum atomic E-state index is 0.132. The fraction of sp³-hybridized carbons (Fsp3) is 0.600. The highest BCUT2D eigenvalue weighted by atomic mass is 32.1. The summed E-state index contributed by atoms with van der Waals surface area (Å²) in [6.45, 7) is 12.5. The Balaban J connectivity index is 2.76. The van der Waals surface area contributed by atoms with Crippen molar-refractivity contribution in [1.82, 2.24) is 9.38 Å². The maximum atomic E-state index is 11.7. The van der Waals surface area contributed by atoms with Crippen LogP contribution in [0.25, 0.3) is 4.96 Å². The van der Waals surface area contributed by atoms with Crippen LogP contribution in [0.1, 0.15) is 79.6 Å². The van der Waals surface area contributed by atoms with E-state index in [4.69, 9.17) is 4.98 Å². The monoisotopic (exact) mass is 278 g/mol. The molecule has 0 bridgehead atoms. The lowest BCUT2D eigenvalue weighted by Crippen LogP contribution is -2.04. The molecule has 0 saturated heterocycles. The van der Waals surface area contributed by atoms with Crippen LogP contribution < -0.4 is 0 Å². The molecular weight excluding hydrogens is 256 g/mol. The van der Waals surface area contributed by atoms with E-state index in [0.717, 1.165) is 22.0 Å². The Hall–Kier alpha value is -1.16. The van der Waals surface area contributed by atoms with Crippen molar-refractivity contribution in [3.63, 3.8) is 0 Å². The topological polar surface area (TPSA) is 34.4 Å². The van der Waals surface area contributed by atoms with Gasteiger partial charge in [-0.3, -0.25) is 9.20 Å². The molecule has 1 unspecified atom stereocenters. The number of fused-ring (bicyclic) bond motifs is 1. The van der Waals surface area contributed by atoms with Crippen LogP contribution in [-0.4, -0.2) is 15.2 Å². The summed E-state index contributed by atoms with van der Waals surface area (Å²) in [6.07, 6.45) is 1.09. The van der Waals surface area contributed by atoms with Crippen molar-refractivity contribution in [3.8, 4) is 0 Å². The molecule has 2 aromatic rings. The number of hydrogen-bond acceptors (Lipinski definition) is 3. The van der Waals surface area contributed by atoms with Gasteiger partial charge in [-0.25, -0.2) is 4.98 Å². The first kappa shape index (κ1) is 14.3. The molecule has 2 aromatic heterocycles. The van der Waals surface area contributed by atoms with Gasteiger partial charge in [-0.05, 0) is 19.3 Å². The number of hydrogen-bond donors (Lipinski definition) is 0. The third-order valence-corrected chi connectivity index (χ3v) is 4.96. The number of nitrogens with zero attached hydrogens (tertiary/aromatic N) is 2. The summed E-state index contributed by atoms with van der Waals surface area (Å²) in [5, 5.41) is 0. The molecule has 2 heterocycles. The number of thiazole rings is 1. The highest BCUT2D eigenvalue weighted by Gasteiger charge is 2.24. The zero-order valence-corrected chi connectivity index (χ0v) is 13.4. The van der Waals surface area contributed by atoms with Gasteiger partial charge in [0.25, 0.3) is 0 Å². The number of ketones is 1. The van der Waals surface area contributed by atoms with Gasteiger partial charge in [-0.15, -0.1) is 0 Å². The van der Waals surface area contributed by atoms with Gasteiger partial charge in [-0.1, -0.05) is 39.0 Å². The molecule has 0 amide bonds. The van der Waals surface area contributed by atoms with Crippen molar-refractivity contribution in [2.75, 3.05) is 0 Å². The number of carbonyl (C=O) groups excluding carboxylic acids is 1. The van der Waals surface area contributed by atoms with Gasteiger partial charge >= 0.3 is 0 Å². The number of aryl methyl sites for hydroxylation is 1. The number of carbonyl (C=O) groups is 1. The molecular formula is C15H22N2OS. The average Bonchev–Trinajstić information content (AvgIpc) is 2.85. The fourth-order valence-electron chi connectivity index (χ4n) is 2.52. The van der Waals surface area contributed by atoms with Gasteiger partial charge in [0.1, 0.15) is 0 Å². The molecule has 0 fully saturated rings. The molecule has 0 saturated carbocycles. The van der Waals surface area contributed by atoms with Gasteiger partial charge < -0.3 is 0 Å². The standard InChI is InChI=1S/C15H22N2OS/c1-7-9(4)12-13(8(2)3)17-10(5)14(11(6)18)19-15(17)16-12/h8-9H,7H2,1-6H3. The van der Waals surface area contributed by atoms with Gasteiger partial charge in [0.15, 0.2) is 10.7 Å². The molecule has 0 aliphatic heterocycles. The maximum Gasteiger partial charge on any atom is 0.195 e. The largest absolute Gasteiger partial charge is 0.294 e. The summed E-state index contributed by atoms with van der Waals surface area (Å²) in [5.41, 5.74) is 3.51. The number of rotatable bonds is 4. The smallest absolute Gasteiger partial charge is 0.195 e. The van der Waals surface area contributed by atoms with Crippen LogP contribution in [0.15, 0.2) is 0 Å². The molecule has 1 atom stereocenters. The summed E-state index contributed by atoms with van der Waals surface area (Å²) < 4.78 is 2.19. The first-order chi connectivity index (χ1) is 8.88. The van der Waals surface area contributed by atoms with Crippen LogP contribution in [-0.2, 0) is 0 Å².